The zero-order chi connectivity index (χ0) is 18.8. The van der Waals surface area contributed by atoms with Crippen LogP contribution in [0.15, 0.2) is 60.9 Å². The molecule has 0 unspecified atom stereocenters. The number of amides is 1. The van der Waals surface area contributed by atoms with E-state index in [0.717, 1.165) is 28.9 Å². The number of hydrogen-bond donors (Lipinski definition) is 0. The van der Waals surface area contributed by atoms with E-state index in [1.807, 2.05) is 48.7 Å². The second-order valence-electron chi connectivity index (χ2n) is 6.44. The van der Waals surface area contributed by atoms with Crippen molar-refractivity contribution in [3.63, 3.8) is 0 Å². The number of ether oxygens (including phenoxy) is 1. The van der Waals surface area contributed by atoms with Crippen molar-refractivity contribution in [1.29, 1.82) is 0 Å². The highest BCUT2D eigenvalue weighted by atomic mass is 16.5. The summed E-state index contributed by atoms with van der Waals surface area (Å²) in [5, 5.41) is 4.35. The van der Waals surface area contributed by atoms with Gasteiger partial charge < -0.3 is 9.64 Å². The Labute approximate surface area is 157 Å². The standard InChI is InChI=1S/C21H19N3O3/c1-27-21(26)17-7-8-19-16(12-17)9-10-23(19)20(25)11-15-13-22-24(14-15)18-5-3-2-4-6-18/h2-8,12-14H,9-11H2,1H3. The van der Waals surface area contributed by atoms with Crippen molar-refractivity contribution in [2.75, 3.05) is 18.6 Å². The van der Waals surface area contributed by atoms with Crippen LogP contribution < -0.4 is 4.90 Å². The van der Waals surface area contributed by atoms with Crippen LogP contribution in [0, 0.1) is 0 Å². The molecule has 4 rings (SSSR count). The van der Waals surface area contributed by atoms with Crippen LogP contribution in [0.2, 0.25) is 0 Å². The molecular weight excluding hydrogens is 342 g/mol. The Kier molecular flexibility index (Phi) is 4.46. The summed E-state index contributed by atoms with van der Waals surface area (Å²) in [6, 6.07) is 15.1. The van der Waals surface area contributed by atoms with E-state index in [1.165, 1.54) is 7.11 Å². The van der Waals surface area contributed by atoms with E-state index in [2.05, 4.69) is 5.10 Å². The molecule has 1 aliphatic rings. The molecule has 0 spiro atoms. The highest BCUT2D eigenvalue weighted by molar-refractivity contribution is 5.98. The number of anilines is 1. The van der Waals surface area contributed by atoms with Gasteiger partial charge in [0.1, 0.15) is 0 Å². The van der Waals surface area contributed by atoms with E-state index in [-0.39, 0.29) is 18.3 Å². The Balaban J connectivity index is 1.49. The quantitative estimate of drug-likeness (QED) is 0.671. The molecule has 1 aromatic heterocycles. The molecule has 6 heteroatoms. The Bertz CT molecular complexity index is 995. The van der Waals surface area contributed by atoms with Gasteiger partial charge >= 0.3 is 5.97 Å². The van der Waals surface area contributed by atoms with E-state index in [9.17, 15) is 9.59 Å². The first-order valence-electron chi connectivity index (χ1n) is 8.76. The van der Waals surface area contributed by atoms with Gasteiger partial charge in [0.15, 0.2) is 0 Å². The topological polar surface area (TPSA) is 64.4 Å². The van der Waals surface area contributed by atoms with E-state index in [0.29, 0.717) is 12.1 Å². The third kappa shape index (κ3) is 3.33. The highest BCUT2D eigenvalue weighted by Crippen LogP contribution is 2.29. The minimum Gasteiger partial charge on any atom is -0.465 e. The normalized spacial score (nSPS) is 12.7. The fourth-order valence-corrected chi connectivity index (χ4v) is 3.35. The summed E-state index contributed by atoms with van der Waals surface area (Å²) < 4.78 is 6.53. The molecule has 1 aliphatic heterocycles. The van der Waals surface area contributed by atoms with Gasteiger partial charge in [0.25, 0.3) is 0 Å². The van der Waals surface area contributed by atoms with Gasteiger partial charge in [-0.05, 0) is 47.9 Å². The molecule has 0 radical (unpaired) electrons. The molecule has 3 aromatic rings. The maximum atomic E-state index is 12.8. The zero-order valence-electron chi connectivity index (χ0n) is 15.0. The summed E-state index contributed by atoms with van der Waals surface area (Å²) in [6.07, 6.45) is 4.62. The first kappa shape index (κ1) is 17.0. The van der Waals surface area contributed by atoms with Crippen LogP contribution in [0.3, 0.4) is 0 Å². The minimum absolute atomic E-state index is 0.0205. The average Bonchev–Trinajstić information content (AvgIpc) is 3.34. The number of para-hydroxylation sites is 1. The van der Waals surface area contributed by atoms with Crippen LogP contribution in [0.1, 0.15) is 21.5 Å². The number of fused-ring (bicyclic) bond motifs is 1. The van der Waals surface area contributed by atoms with Crippen LogP contribution in [0.4, 0.5) is 5.69 Å². The largest absolute Gasteiger partial charge is 0.465 e. The third-order valence-corrected chi connectivity index (χ3v) is 4.71. The maximum Gasteiger partial charge on any atom is 0.337 e. The van der Waals surface area contributed by atoms with Gasteiger partial charge in [-0.3, -0.25) is 4.79 Å². The van der Waals surface area contributed by atoms with Crippen molar-refractivity contribution in [2.45, 2.75) is 12.8 Å². The van der Waals surface area contributed by atoms with E-state index < -0.39 is 0 Å². The van der Waals surface area contributed by atoms with Crippen LogP contribution in [-0.4, -0.2) is 35.3 Å². The number of rotatable bonds is 4. The van der Waals surface area contributed by atoms with Gasteiger partial charge in [-0.2, -0.15) is 5.10 Å². The van der Waals surface area contributed by atoms with Gasteiger partial charge in [0, 0.05) is 18.4 Å². The smallest absolute Gasteiger partial charge is 0.337 e. The summed E-state index contributed by atoms with van der Waals surface area (Å²) in [5.74, 6) is -0.344. The van der Waals surface area contributed by atoms with Crippen molar-refractivity contribution >= 4 is 17.6 Å². The molecule has 0 aliphatic carbocycles. The Morgan fingerprint density at radius 2 is 1.96 bits per heavy atom. The first-order valence-corrected chi connectivity index (χ1v) is 8.76. The second-order valence-corrected chi connectivity index (χ2v) is 6.44. The monoisotopic (exact) mass is 361 g/mol. The molecule has 2 aromatic carbocycles. The molecule has 136 valence electrons. The molecule has 2 heterocycles. The fourth-order valence-electron chi connectivity index (χ4n) is 3.35. The molecule has 0 bridgehead atoms. The van der Waals surface area contributed by atoms with Gasteiger partial charge in [-0.1, -0.05) is 18.2 Å². The number of nitrogens with zero attached hydrogens (tertiary/aromatic N) is 3. The highest BCUT2D eigenvalue weighted by Gasteiger charge is 2.26. The molecule has 6 nitrogen and oxygen atoms in total. The molecule has 0 saturated heterocycles. The number of hydrogen-bond acceptors (Lipinski definition) is 4. The molecule has 0 fully saturated rings. The predicted molar refractivity (Wildman–Crippen MR) is 101 cm³/mol. The van der Waals surface area contributed by atoms with Crippen LogP contribution in [0.25, 0.3) is 5.69 Å². The van der Waals surface area contributed by atoms with Crippen molar-refractivity contribution < 1.29 is 14.3 Å². The predicted octanol–water partition coefficient (Wildman–Crippen LogP) is 2.79. The molecule has 0 N–H and O–H groups in total. The average molecular weight is 361 g/mol. The lowest BCUT2D eigenvalue weighted by Crippen LogP contribution is -2.30. The van der Waals surface area contributed by atoms with Crippen molar-refractivity contribution in [3.05, 3.63) is 77.6 Å². The molecule has 1 amide bonds. The lowest BCUT2D eigenvalue weighted by atomic mass is 10.1. The van der Waals surface area contributed by atoms with E-state index >= 15 is 0 Å². The summed E-state index contributed by atoms with van der Waals surface area (Å²) >= 11 is 0. The summed E-state index contributed by atoms with van der Waals surface area (Å²) in [6.45, 7) is 0.617. The Hall–Kier alpha value is -3.41. The van der Waals surface area contributed by atoms with Gasteiger partial charge in [-0.15, -0.1) is 0 Å². The summed E-state index contributed by atoms with van der Waals surface area (Å²) in [7, 11) is 1.36. The number of benzene rings is 2. The van der Waals surface area contributed by atoms with E-state index in [1.54, 1.807) is 21.8 Å². The maximum absolute atomic E-state index is 12.8. The SMILES string of the molecule is COC(=O)c1ccc2c(c1)CCN2C(=O)Cc1cnn(-c2ccccc2)c1. The number of esters is 1. The Morgan fingerprint density at radius 1 is 1.15 bits per heavy atom. The number of carbonyl (C=O) groups is 2. The first-order chi connectivity index (χ1) is 13.2. The molecular formula is C21H19N3O3. The van der Waals surface area contributed by atoms with Crippen LogP contribution >= 0.6 is 0 Å². The fraction of sp³-hybridized carbons (Fsp3) is 0.190. The minimum atomic E-state index is -0.365. The van der Waals surface area contributed by atoms with Crippen molar-refractivity contribution in [2.24, 2.45) is 0 Å². The van der Waals surface area contributed by atoms with Gasteiger partial charge in [-0.25, -0.2) is 9.48 Å². The lowest BCUT2D eigenvalue weighted by Gasteiger charge is -2.17. The molecule has 27 heavy (non-hydrogen) atoms. The third-order valence-electron chi connectivity index (χ3n) is 4.71. The van der Waals surface area contributed by atoms with Gasteiger partial charge in [0.2, 0.25) is 5.91 Å². The molecule has 0 atom stereocenters. The number of methoxy groups -OCH3 is 1. The number of carbonyl (C=O) groups excluding carboxylic acids is 2. The van der Waals surface area contributed by atoms with Crippen LogP contribution in [-0.2, 0) is 22.4 Å². The zero-order valence-corrected chi connectivity index (χ0v) is 15.0. The number of aromatic nitrogens is 2. The summed E-state index contributed by atoms with van der Waals surface area (Å²) in [5.41, 5.74) is 4.19. The van der Waals surface area contributed by atoms with Gasteiger partial charge in [0.05, 0.1) is 31.0 Å². The van der Waals surface area contributed by atoms with Crippen molar-refractivity contribution in [1.82, 2.24) is 9.78 Å². The Morgan fingerprint density at radius 3 is 2.74 bits per heavy atom. The summed E-state index contributed by atoms with van der Waals surface area (Å²) in [4.78, 5) is 26.2. The van der Waals surface area contributed by atoms with Crippen LogP contribution in [0.5, 0.6) is 0 Å². The van der Waals surface area contributed by atoms with Crippen molar-refractivity contribution in [3.8, 4) is 5.69 Å². The molecule has 0 saturated carbocycles. The van der Waals surface area contributed by atoms with E-state index in [4.69, 9.17) is 4.74 Å². The second kappa shape index (κ2) is 7.07. The lowest BCUT2D eigenvalue weighted by molar-refractivity contribution is -0.117.